The number of rotatable bonds is 7. The molecule has 0 saturated carbocycles. The summed E-state index contributed by atoms with van der Waals surface area (Å²) in [6.45, 7) is 7.47. The van der Waals surface area contributed by atoms with Gasteiger partial charge in [0, 0.05) is 13.1 Å². The third-order valence-corrected chi connectivity index (χ3v) is 4.24. The summed E-state index contributed by atoms with van der Waals surface area (Å²) in [5.74, 6) is 0.0124. The van der Waals surface area contributed by atoms with Crippen LogP contribution in [0.5, 0.6) is 0 Å². The van der Waals surface area contributed by atoms with E-state index in [0.29, 0.717) is 38.5 Å². The van der Waals surface area contributed by atoms with Gasteiger partial charge < -0.3 is 15.0 Å². The molecule has 1 fully saturated rings. The Morgan fingerprint density at radius 3 is 2.67 bits per heavy atom. The Morgan fingerprint density at radius 2 is 2.04 bits per heavy atom. The molecule has 0 aliphatic carbocycles. The lowest BCUT2D eigenvalue weighted by molar-refractivity contribution is -0.157. The van der Waals surface area contributed by atoms with Gasteiger partial charge in [-0.1, -0.05) is 44.2 Å². The highest BCUT2D eigenvalue weighted by molar-refractivity contribution is 5.88. The molecule has 0 bridgehead atoms. The molecule has 24 heavy (non-hydrogen) atoms. The van der Waals surface area contributed by atoms with Crippen LogP contribution in [0.4, 0.5) is 0 Å². The minimum absolute atomic E-state index is 0.0104. The second kappa shape index (κ2) is 8.83. The molecule has 1 aromatic rings. The Balaban J connectivity index is 2.12. The maximum atomic E-state index is 12.9. The first kappa shape index (κ1) is 18.5. The zero-order chi connectivity index (χ0) is 17.5. The normalized spacial score (nSPS) is 19.4. The highest BCUT2D eigenvalue weighted by Gasteiger charge is 2.37. The van der Waals surface area contributed by atoms with E-state index in [2.05, 4.69) is 19.2 Å². The van der Waals surface area contributed by atoms with E-state index in [1.54, 1.807) is 11.8 Å². The maximum Gasteiger partial charge on any atom is 0.328 e. The van der Waals surface area contributed by atoms with E-state index in [-0.39, 0.29) is 17.9 Å². The topological polar surface area (TPSA) is 58.6 Å². The molecule has 1 amide bonds. The lowest BCUT2D eigenvalue weighted by Gasteiger charge is -2.38. The molecule has 1 N–H and O–H groups in total. The van der Waals surface area contributed by atoms with Gasteiger partial charge >= 0.3 is 5.97 Å². The highest BCUT2D eigenvalue weighted by Crippen LogP contribution is 2.18. The van der Waals surface area contributed by atoms with Crippen LogP contribution in [0.1, 0.15) is 32.8 Å². The minimum Gasteiger partial charge on any atom is -0.464 e. The second-order valence-corrected chi connectivity index (χ2v) is 6.63. The molecule has 0 spiro atoms. The molecule has 0 unspecified atom stereocenters. The van der Waals surface area contributed by atoms with Gasteiger partial charge in [-0.3, -0.25) is 4.79 Å². The Morgan fingerprint density at radius 1 is 1.33 bits per heavy atom. The van der Waals surface area contributed by atoms with Gasteiger partial charge in [-0.05, 0) is 31.2 Å². The van der Waals surface area contributed by atoms with Crippen LogP contribution in [0.15, 0.2) is 30.3 Å². The largest absolute Gasteiger partial charge is 0.464 e. The molecule has 2 rings (SSSR count). The van der Waals surface area contributed by atoms with E-state index in [9.17, 15) is 9.59 Å². The fourth-order valence-corrected chi connectivity index (χ4v) is 3.11. The maximum absolute atomic E-state index is 12.9. The summed E-state index contributed by atoms with van der Waals surface area (Å²) in [7, 11) is 0. The van der Waals surface area contributed by atoms with Crippen molar-refractivity contribution in [2.45, 2.75) is 45.7 Å². The van der Waals surface area contributed by atoms with Gasteiger partial charge in [0.05, 0.1) is 12.6 Å². The second-order valence-electron chi connectivity index (χ2n) is 6.63. The van der Waals surface area contributed by atoms with Crippen molar-refractivity contribution in [3.05, 3.63) is 35.9 Å². The van der Waals surface area contributed by atoms with Gasteiger partial charge in [0.25, 0.3) is 0 Å². The molecule has 0 aromatic heterocycles. The monoisotopic (exact) mass is 332 g/mol. The van der Waals surface area contributed by atoms with E-state index in [1.165, 1.54) is 0 Å². The van der Waals surface area contributed by atoms with Crippen molar-refractivity contribution in [2.75, 3.05) is 19.7 Å². The SMILES string of the molecule is CCOC(=O)[C@@H](CC(C)C)N1CCN[C@@H](Cc2ccccc2)C1=O. The summed E-state index contributed by atoms with van der Waals surface area (Å²) in [6.07, 6.45) is 1.26. The number of carbonyl (C=O) groups is 2. The minimum atomic E-state index is -0.488. The van der Waals surface area contributed by atoms with E-state index in [4.69, 9.17) is 4.74 Å². The van der Waals surface area contributed by atoms with Gasteiger partial charge in [0.2, 0.25) is 5.91 Å². The Bertz CT molecular complexity index is 545. The molecule has 1 saturated heterocycles. The average molecular weight is 332 g/mol. The molecule has 5 nitrogen and oxygen atoms in total. The quantitative estimate of drug-likeness (QED) is 0.776. The van der Waals surface area contributed by atoms with E-state index >= 15 is 0 Å². The first-order chi connectivity index (χ1) is 11.5. The summed E-state index contributed by atoms with van der Waals surface area (Å²) >= 11 is 0. The van der Waals surface area contributed by atoms with Crippen LogP contribution in [0.2, 0.25) is 0 Å². The molecule has 0 radical (unpaired) electrons. The fraction of sp³-hybridized carbons (Fsp3) is 0.579. The number of ether oxygens (including phenoxy) is 1. The number of carbonyl (C=O) groups excluding carboxylic acids is 2. The summed E-state index contributed by atoms with van der Waals surface area (Å²) in [5, 5.41) is 3.28. The molecular formula is C19H28N2O3. The van der Waals surface area contributed by atoms with Crippen molar-refractivity contribution < 1.29 is 14.3 Å². The Kier molecular flexibility index (Phi) is 6.79. The molecule has 2 atom stereocenters. The van der Waals surface area contributed by atoms with Crippen molar-refractivity contribution in [3.8, 4) is 0 Å². The van der Waals surface area contributed by atoms with Crippen molar-refractivity contribution in [3.63, 3.8) is 0 Å². The third-order valence-electron chi connectivity index (χ3n) is 4.24. The summed E-state index contributed by atoms with van der Waals surface area (Å²) < 4.78 is 5.21. The predicted molar refractivity (Wildman–Crippen MR) is 93.5 cm³/mol. The Hall–Kier alpha value is -1.88. The zero-order valence-electron chi connectivity index (χ0n) is 14.8. The standard InChI is InChI=1S/C19H28N2O3/c1-4-24-19(23)17(12-14(2)3)21-11-10-20-16(18(21)22)13-15-8-6-5-7-9-15/h5-9,14,16-17,20H,4,10-13H2,1-3H3/t16-,17+/m0/s1. The summed E-state index contributed by atoms with van der Waals surface area (Å²) in [5.41, 5.74) is 1.11. The van der Waals surface area contributed by atoms with Crippen LogP contribution in [0, 0.1) is 5.92 Å². The lowest BCUT2D eigenvalue weighted by Crippen LogP contribution is -2.60. The van der Waals surface area contributed by atoms with E-state index in [0.717, 1.165) is 5.56 Å². The van der Waals surface area contributed by atoms with E-state index < -0.39 is 6.04 Å². The highest BCUT2D eigenvalue weighted by atomic mass is 16.5. The number of nitrogens with one attached hydrogen (secondary N) is 1. The van der Waals surface area contributed by atoms with Crippen LogP contribution < -0.4 is 5.32 Å². The number of esters is 1. The molecule has 1 aromatic carbocycles. The summed E-state index contributed by atoms with van der Waals surface area (Å²) in [4.78, 5) is 27.0. The number of hydrogen-bond donors (Lipinski definition) is 1. The van der Waals surface area contributed by atoms with Gasteiger partial charge in [0.1, 0.15) is 6.04 Å². The molecule has 132 valence electrons. The summed E-state index contributed by atoms with van der Waals surface area (Å²) in [6, 6.07) is 9.17. The van der Waals surface area contributed by atoms with Gasteiger partial charge in [-0.2, -0.15) is 0 Å². The first-order valence-corrected chi connectivity index (χ1v) is 8.77. The van der Waals surface area contributed by atoms with Crippen LogP contribution in [0.3, 0.4) is 0 Å². The number of benzene rings is 1. The van der Waals surface area contributed by atoms with Gasteiger partial charge in [-0.25, -0.2) is 4.79 Å². The number of piperazine rings is 1. The number of nitrogens with zero attached hydrogens (tertiary/aromatic N) is 1. The van der Waals surface area contributed by atoms with Gasteiger partial charge in [-0.15, -0.1) is 0 Å². The lowest BCUT2D eigenvalue weighted by atomic mass is 9.98. The van der Waals surface area contributed by atoms with Crippen LogP contribution in [0.25, 0.3) is 0 Å². The van der Waals surface area contributed by atoms with Crippen LogP contribution >= 0.6 is 0 Å². The molecular weight excluding hydrogens is 304 g/mol. The van der Waals surface area contributed by atoms with Crippen LogP contribution in [-0.2, 0) is 20.7 Å². The van der Waals surface area contributed by atoms with Gasteiger partial charge in [0.15, 0.2) is 0 Å². The average Bonchev–Trinajstić information content (AvgIpc) is 2.56. The van der Waals surface area contributed by atoms with Crippen molar-refractivity contribution in [1.29, 1.82) is 0 Å². The Labute approximate surface area is 144 Å². The van der Waals surface area contributed by atoms with E-state index in [1.807, 2.05) is 30.3 Å². The van der Waals surface area contributed by atoms with Crippen molar-refractivity contribution >= 4 is 11.9 Å². The fourth-order valence-electron chi connectivity index (χ4n) is 3.11. The smallest absolute Gasteiger partial charge is 0.328 e. The molecule has 1 aliphatic heterocycles. The van der Waals surface area contributed by atoms with Crippen LogP contribution in [-0.4, -0.2) is 48.6 Å². The number of amides is 1. The molecule has 5 heteroatoms. The third kappa shape index (κ3) is 4.81. The van der Waals surface area contributed by atoms with Crippen molar-refractivity contribution in [1.82, 2.24) is 10.2 Å². The predicted octanol–water partition coefficient (Wildman–Crippen LogP) is 2.01. The molecule has 1 heterocycles. The van der Waals surface area contributed by atoms with Crippen molar-refractivity contribution in [2.24, 2.45) is 5.92 Å². The first-order valence-electron chi connectivity index (χ1n) is 8.77. The zero-order valence-corrected chi connectivity index (χ0v) is 14.8. The molecule has 1 aliphatic rings. The number of hydrogen-bond acceptors (Lipinski definition) is 4.